The van der Waals surface area contributed by atoms with Crippen LogP contribution in [0.3, 0.4) is 0 Å². The first-order valence-electron chi connectivity index (χ1n) is 4.97. The fourth-order valence-corrected chi connectivity index (χ4v) is 1.19. The first-order chi connectivity index (χ1) is 7.27. The maximum atomic E-state index is 13.2. The number of hydrogen-bond acceptors (Lipinski definition) is 2. The van der Waals surface area contributed by atoms with E-state index < -0.39 is 0 Å². The van der Waals surface area contributed by atoms with Crippen molar-refractivity contribution in [2.75, 3.05) is 0 Å². The Bertz CT molecular complexity index is 370. The molecule has 0 atom stereocenters. The average molecular weight is 206 g/mol. The summed E-state index contributed by atoms with van der Waals surface area (Å²) >= 11 is 0. The summed E-state index contributed by atoms with van der Waals surface area (Å²) in [4.78, 5) is 4.05. The van der Waals surface area contributed by atoms with Gasteiger partial charge < -0.3 is 5.73 Å². The van der Waals surface area contributed by atoms with Crippen LogP contribution in [-0.4, -0.2) is 6.21 Å². The Hall–Kier alpha value is -1.64. The van der Waals surface area contributed by atoms with Gasteiger partial charge in [-0.3, -0.25) is 4.99 Å². The van der Waals surface area contributed by atoms with Crippen molar-refractivity contribution in [2.45, 2.75) is 19.8 Å². The molecular formula is C12H15FN2. The Balaban J connectivity index is 2.77. The Morgan fingerprint density at radius 3 is 2.80 bits per heavy atom. The maximum Gasteiger partial charge on any atom is 0.148 e. The Morgan fingerprint density at radius 2 is 2.20 bits per heavy atom. The molecule has 0 unspecified atom stereocenters. The maximum absolute atomic E-state index is 13.2. The second-order valence-corrected chi connectivity index (χ2v) is 3.20. The van der Waals surface area contributed by atoms with E-state index in [4.69, 9.17) is 5.73 Å². The molecule has 0 aromatic heterocycles. The van der Waals surface area contributed by atoms with E-state index >= 15 is 0 Å². The van der Waals surface area contributed by atoms with Crippen LogP contribution in [0.5, 0.6) is 0 Å². The monoisotopic (exact) mass is 206 g/mol. The van der Waals surface area contributed by atoms with Gasteiger partial charge in [-0.2, -0.15) is 0 Å². The quantitative estimate of drug-likeness (QED) is 0.755. The van der Waals surface area contributed by atoms with Gasteiger partial charge in [-0.05, 0) is 30.3 Å². The van der Waals surface area contributed by atoms with Gasteiger partial charge in [0.2, 0.25) is 0 Å². The molecular weight excluding hydrogens is 191 g/mol. The third kappa shape index (κ3) is 3.54. The van der Waals surface area contributed by atoms with Crippen LogP contribution in [0.15, 0.2) is 41.0 Å². The van der Waals surface area contributed by atoms with E-state index in [0.717, 1.165) is 18.4 Å². The van der Waals surface area contributed by atoms with Crippen molar-refractivity contribution in [1.29, 1.82) is 0 Å². The van der Waals surface area contributed by atoms with E-state index in [1.54, 1.807) is 24.4 Å². The van der Waals surface area contributed by atoms with Gasteiger partial charge in [-0.15, -0.1) is 0 Å². The molecule has 0 saturated carbocycles. The minimum Gasteiger partial charge on any atom is -0.404 e. The molecule has 80 valence electrons. The molecule has 15 heavy (non-hydrogen) atoms. The number of para-hydroxylation sites is 1. The Kier molecular flexibility index (Phi) is 4.54. The van der Waals surface area contributed by atoms with Gasteiger partial charge in [0.15, 0.2) is 0 Å². The molecule has 0 aliphatic rings. The molecule has 0 spiro atoms. The lowest BCUT2D eigenvalue weighted by atomic mass is 10.2. The second-order valence-electron chi connectivity index (χ2n) is 3.20. The van der Waals surface area contributed by atoms with Crippen LogP contribution in [0.25, 0.3) is 0 Å². The van der Waals surface area contributed by atoms with E-state index in [9.17, 15) is 4.39 Å². The number of nitrogens with zero attached hydrogens (tertiary/aromatic N) is 1. The molecule has 0 aliphatic carbocycles. The SMILES string of the molecule is CCCC(C=Nc1ccccc1F)=CN. The second kappa shape index (κ2) is 5.96. The first kappa shape index (κ1) is 11.4. The fourth-order valence-electron chi connectivity index (χ4n) is 1.19. The molecule has 0 bridgehead atoms. The van der Waals surface area contributed by atoms with Gasteiger partial charge in [0.1, 0.15) is 5.82 Å². The van der Waals surface area contributed by atoms with Crippen LogP contribution < -0.4 is 5.73 Å². The van der Waals surface area contributed by atoms with Gasteiger partial charge in [-0.1, -0.05) is 25.5 Å². The van der Waals surface area contributed by atoms with Crippen molar-refractivity contribution in [3.63, 3.8) is 0 Å². The minimum absolute atomic E-state index is 0.318. The Morgan fingerprint density at radius 1 is 1.47 bits per heavy atom. The van der Waals surface area contributed by atoms with Crippen molar-refractivity contribution >= 4 is 11.9 Å². The summed E-state index contributed by atoms with van der Waals surface area (Å²) in [6.07, 6.45) is 4.97. The van der Waals surface area contributed by atoms with Gasteiger partial charge in [0.25, 0.3) is 0 Å². The number of rotatable bonds is 4. The highest BCUT2D eigenvalue weighted by Gasteiger charge is 1.97. The highest BCUT2D eigenvalue weighted by molar-refractivity contribution is 5.80. The fraction of sp³-hybridized carbons (Fsp3) is 0.250. The molecule has 0 radical (unpaired) electrons. The topological polar surface area (TPSA) is 38.4 Å². The average Bonchev–Trinajstić information content (AvgIpc) is 2.26. The van der Waals surface area contributed by atoms with E-state index in [0.29, 0.717) is 5.69 Å². The minimum atomic E-state index is -0.318. The molecule has 0 heterocycles. The van der Waals surface area contributed by atoms with Gasteiger partial charge in [-0.25, -0.2) is 4.39 Å². The standard InChI is InChI=1S/C12H15FN2/c1-2-5-10(8-14)9-15-12-7-4-3-6-11(12)13/h3-4,6-9H,2,5,14H2,1H3. The van der Waals surface area contributed by atoms with E-state index in [1.807, 2.05) is 0 Å². The molecule has 0 fully saturated rings. The van der Waals surface area contributed by atoms with Gasteiger partial charge in [0, 0.05) is 6.21 Å². The van der Waals surface area contributed by atoms with Crippen molar-refractivity contribution in [2.24, 2.45) is 10.7 Å². The predicted molar refractivity (Wildman–Crippen MR) is 61.7 cm³/mol. The number of allylic oxidation sites excluding steroid dienone is 1. The van der Waals surface area contributed by atoms with Crippen LogP contribution in [0.4, 0.5) is 10.1 Å². The number of benzene rings is 1. The zero-order chi connectivity index (χ0) is 11.1. The lowest BCUT2D eigenvalue weighted by Gasteiger charge is -1.98. The molecule has 0 saturated heterocycles. The van der Waals surface area contributed by atoms with E-state index in [2.05, 4.69) is 11.9 Å². The highest BCUT2D eigenvalue weighted by Crippen LogP contribution is 2.16. The van der Waals surface area contributed by atoms with E-state index in [1.165, 1.54) is 12.3 Å². The summed E-state index contributed by atoms with van der Waals surface area (Å²) < 4.78 is 13.2. The van der Waals surface area contributed by atoms with E-state index in [-0.39, 0.29) is 5.82 Å². The predicted octanol–water partition coefficient (Wildman–Crippen LogP) is 3.17. The Labute approximate surface area is 89.3 Å². The third-order valence-electron chi connectivity index (χ3n) is 1.97. The lowest BCUT2D eigenvalue weighted by Crippen LogP contribution is -1.90. The van der Waals surface area contributed by atoms with Gasteiger partial charge >= 0.3 is 0 Å². The first-order valence-corrected chi connectivity index (χ1v) is 4.97. The third-order valence-corrected chi connectivity index (χ3v) is 1.97. The highest BCUT2D eigenvalue weighted by atomic mass is 19.1. The molecule has 2 nitrogen and oxygen atoms in total. The summed E-state index contributed by atoms with van der Waals surface area (Å²) in [5.41, 5.74) is 6.67. The molecule has 1 aromatic carbocycles. The number of hydrogen-bond donors (Lipinski definition) is 1. The van der Waals surface area contributed by atoms with Gasteiger partial charge in [0.05, 0.1) is 5.69 Å². The van der Waals surface area contributed by atoms with Crippen molar-refractivity contribution < 1.29 is 4.39 Å². The largest absolute Gasteiger partial charge is 0.404 e. The molecule has 3 heteroatoms. The molecule has 1 aromatic rings. The van der Waals surface area contributed by atoms with Crippen molar-refractivity contribution in [3.05, 3.63) is 41.9 Å². The summed E-state index contributed by atoms with van der Waals surface area (Å²) in [7, 11) is 0. The molecule has 0 aliphatic heterocycles. The molecule has 2 N–H and O–H groups in total. The summed E-state index contributed by atoms with van der Waals surface area (Å²) in [5.74, 6) is -0.318. The summed E-state index contributed by atoms with van der Waals surface area (Å²) in [6, 6.07) is 6.41. The van der Waals surface area contributed by atoms with Crippen LogP contribution in [0.2, 0.25) is 0 Å². The zero-order valence-electron chi connectivity index (χ0n) is 8.78. The number of aliphatic imine (C=N–C) groups is 1. The zero-order valence-corrected chi connectivity index (χ0v) is 8.78. The van der Waals surface area contributed by atoms with Crippen LogP contribution >= 0.6 is 0 Å². The van der Waals surface area contributed by atoms with Crippen LogP contribution in [-0.2, 0) is 0 Å². The van der Waals surface area contributed by atoms with Crippen LogP contribution in [0, 0.1) is 5.82 Å². The number of nitrogens with two attached hydrogens (primary N) is 1. The lowest BCUT2D eigenvalue weighted by molar-refractivity contribution is 0.630. The summed E-state index contributed by atoms with van der Waals surface area (Å²) in [5, 5.41) is 0. The molecule has 1 rings (SSSR count). The number of halogens is 1. The van der Waals surface area contributed by atoms with Crippen LogP contribution in [0.1, 0.15) is 19.8 Å². The smallest absolute Gasteiger partial charge is 0.148 e. The van der Waals surface area contributed by atoms with Crippen molar-refractivity contribution in [1.82, 2.24) is 0 Å². The van der Waals surface area contributed by atoms with Crippen molar-refractivity contribution in [3.8, 4) is 0 Å². The molecule has 0 amide bonds. The normalized spacial score (nSPS) is 12.3. The summed E-state index contributed by atoms with van der Waals surface area (Å²) in [6.45, 7) is 2.06.